The third kappa shape index (κ3) is 5.38. The van der Waals surface area contributed by atoms with Crippen molar-refractivity contribution >= 4 is 5.91 Å². The largest absolute Gasteiger partial charge is 0.493 e. The highest BCUT2D eigenvalue weighted by molar-refractivity contribution is 5.76. The summed E-state index contributed by atoms with van der Waals surface area (Å²) in [4.78, 5) is 12.2. The number of nitrogens with zero attached hydrogens (tertiary/aromatic N) is 1. The second-order valence-corrected chi connectivity index (χ2v) is 6.87. The van der Waals surface area contributed by atoms with Crippen molar-refractivity contribution in [2.75, 3.05) is 13.7 Å². The Labute approximate surface area is 150 Å². The van der Waals surface area contributed by atoms with Gasteiger partial charge in [0, 0.05) is 18.5 Å². The van der Waals surface area contributed by atoms with Gasteiger partial charge in [0.2, 0.25) is 5.91 Å². The fourth-order valence-electron chi connectivity index (χ4n) is 3.34. The summed E-state index contributed by atoms with van der Waals surface area (Å²) in [5.74, 6) is 2.44. The van der Waals surface area contributed by atoms with Crippen LogP contribution in [0.3, 0.4) is 0 Å². The predicted molar refractivity (Wildman–Crippen MR) is 96.5 cm³/mol. The Balaban J connectivity index is 1.74. The Kier molecular flexibility index (Phi) is 7.12. The molecule has 1 N–H and O–H groups in total. The molecule has 0 bridgehead atoms. The summed E-state index contributed by atoms with van der Waals surface area (Å²) in [5, 5.41) is 12.1. The molecule has 1 fully saturated rings. The molecule has 1 saturated carbocycles. The van der Waals surface area contributed by atoms with E-state index in [1.54, 1.807) is 25.3 Å². The number of rotatable bonds is 7. The molecule has 1 aliphatic rings. The minimum Gasteiger partial charge on any atom is -0.493 e. The Morgan fingerprint density at radius 3 is 2.84 bits per heavy atom. The minimum atomic E-state index is 0.0985. The topological polar surface area (TPSA) is 71.3 Å². The van der Waals surface area contributed by atoms with Gasteiger partial charge in [0.1, 0.15) is 0 Å². The predicted octanol–water partition coefficient (Wildman–Crippen LogP) is 3.67. The zero-order valence-corrected chi connectivity index (χ0v) is 15.4. The number of methoxy groups -OCH3 is 1. The number of hydrogen-bond acceptors (Lipinski definition) is 4. The van der Waals surface area contributed by atoms with E-state index in [1.165, 1.54) is 12.8 Å². The van der Waals surface area contributed by atoms with Crippen molar-refractivity contribution in [1.82, 2.24) is 5.32 Å². The van der Waals surface area contributed by atoms with Gasteiger partial charge in [0.05, 0.1) is 25.3 Å². The quantitative estimate of drug-likeness (QED) is 0.766. The molecule has 0 unspecified atom stereocenters. The number of ether oxygens (including phenoxy) is 2. The second-order valence-electron chi connectivity index (χ2n) is 6.87. The Hall–Kier alpha value is -2.22. The van der Waals surface area contributed by atoms with Crippen LogP contribution in [0.5, 0.6) is 11.5 Å². The van der Waals surface area contributed by atoms with Crippen LogP contribution in [0, 0.1) is 23.2 Å². The molecule has 5 nitrogen and oxygen atoms in total. The van der Waals surface area contributed by atoms with Crippen molar-refractivity contribution in [2.24, 2.45) is 11.8 Å². The van der Waals surface area contributed by atoms with Crippen molar-refractivity contribution in [3.8, 4) is 17.6 Å². The maximum absolute atomic E-state index is 12.2. The minimum absolute atomic E-state index is 0.0985. The normalized spacial score (nSPS) is 22.7. The van der Waals surface area contributed by atoms with E-state index in [0.29, 0.717) is 54.4 Å². The highest BCUT2D eigenvalue weighted by Crippen LogP contribution is 2.30. The van der Waals surface area contributed by atoms with Crippen LogP contribution in [0.2, 0.25) is 0 Å². The van der Waals surface area contributed by atoms with Gasteiger partial charge >= 0.3 is 0 Å². The summed E-state index contributed by atoms with van der Waals surface area (Å²) in [6.07, 6.45) is 4.63. The van der Waals surface area contributed by atoms with E-state index in [-0.39, 0.29) is 5.91 Å². The molecule has 2 rings (SSSR count). The molecule has 0 spiro atoms. The second kappa shape index (κ2) is 9.31. The molecule has 0 aliphatic heterocycles. The smallest absolute Gasteiger partial charge is 0.220 e. The molecule has 0 radical (unpaired) electrons. The van der Waals surface area contributed by atoms with Gasteiger partial charge in [-0.1, -0.05) is 26.7 Å². The molecular weight excluding hydrogens is 316 g/mol. The summed E-state index contributed by atoms with van der Waals surface area (Å²) >= 11 is 0. The molecule has 3 atom stereocenters. The van der Waals surface area contributed by atoms with Crippen molar-refractivity contribution < 1.29 is 14.3 Å². The Morgan fingerprint density at radius 2 is 2.12 bits per heavy atom. The van der Waals surface area contributed by atoms with Crippen LogP contribution in [0.15, 0.2) is 18.2 Å². The average molecular weight is 344 g/mol. The lowest BCUT2D eigenvalue weighted by Gasteiger charge is -2.34. The van der Waals surface area contributed by atoms with Crippen molar-refractivity contribution in [1.29, 1.82) is 5.26 Å². The molecular formula is C20H28N2O3. The highest BCUT2D eigenvalue weighted by atomic mass is 16.5. The van der Waals surface area contributed by atoms with Crippen LogP contribution in [0.25, 0.3) is 0 Å². The number of carbonyl (C=O) groups excluding carboxylic acids is 1. The van der Waals surface area contributed by atoms with Crippen molar-refractivity contribution in [2.45, 2.75) is 52.0 Å². The van der Waals surface area contributed by atoms with Crippen LogP contribution in [0.1, 0.15) is 51.5 Å². The summed E-state index contributed by atoms with van der Waals surface area (Å²) in [6, 6.07) is 7.43. The average Bonchev–Trinajstić information content (AvgIpc) is 2.62. The van der Waals surface area contributed by atoms with Gasteiger partial charge in [-0.2, -0.15) is 5.26 Å². The van der Waals surface area contributed by atoms with Crippen LogP contribution in [-0.2, 0) is 4.79 Å². The van der Waals surface area contributed by atoms with E-state index in [4.69, 9.17) is 14.7 Å². The van der Waals surface area contributed by atoms with E-state index in [1.807, 2.05) is 0 Å². The van der Waals surface area contributed by atoms with Crippen LogP contribution < -0.4 is 14.8 Å². The summed E-state index contributed by atoms with van der Waals surface area (Å²) in [5.41, 5.74) is 0.527. The first kappa shape index (κ1) is 19.1. The van der Waals surface area contributed by atoms with Gasteiger partial charge in [0.25, 0.3) is 0 Å². The number of benzene rings is 1. The molecule has 25 heavy (non-hydrogen) atoms. The fourth-order valence-corrected chi connectivity index (χ4v) is 3.34. The number of amides is 1. The molecule has 5 heteroatoms. The summed E-state index contributed by atoms with van der Waals surface area (Å²) in [7, 11) is 1.54. The lowest BCUT2D eigenvalue weighted by molar-refractivity contribution is -0.122. The van der Waals surface area contributed by atoms with E-state index < -0.39 is 0 Å². The zero-order chi connectivity index (χ0) is 18.2. The lowest BCUT2D eigenvalue weighted by atomic mass is 9.78. The third-order valence-electron chi connectivity index (χ3n) is 5.15. The third-order valence-corrected chi connectivity index (χ3v) is 5.15. The van der Waals surface area contributed by atoms with Crippen LogP contribution >= 0.6 is 0 Å². The van der Waals surface area contributed by atoms with Crippen molar-refractivity contribution in [3.05, 3.63) is 23.8 Å². The van der Waals surface area contributed by atoms with Gasteiger partial charge in [-0.3, -0.25) is 4.79 Å². The monoisotopic (exact) mass is 344 g/mol. The van der Waals surface area contributed by atoms with E-state index in [0.717, 1.165) is 6.42 Å². The van der Waals surface area contributed by atoms with Gasteiger partial charge in [-0.25, -0.2) is 0 Å². The molecule has 136 valence electrons. The van der Waals surface area contributed by atoms with E-state index in [9.17, 15) is 4.79 Å². The number of nitriles is 1. The SMILES string of the molecule is COc1cc(C#N)ccc1OCCCC(=O)N[C@H]1CCC[C@@H](C)[C@@H]1C. The molecule has 0 heterocycles. The summed E-state index contributed by atoms with van der Waals surface area (Å²) < 4.78 is 10.9. The van der Waals surface area contributed by atoms with Gasteiger partial charge in [-0.05, 0) is 36.8 Å². The van der Waals surface area contributed by atoms with Crippen molar-refractivity contribution in [3.63, 3.8) is 0 Å². The first-order valence-corrected chi connectivity index (χ1v) is 9.05. The zero-order valence-electron chi connectivity index (χ0n) is 15.4. The Morgan fingerprint density at radius 1 is 1.32 bits per heavy atom. The number of carbonyl (C=O) groups is 1. The molecule has 1 amide bonds. The van der Waals surface area contributed by atoms with Crippen LogP contribution in [0.4, 0.5) is 0 Å². The van der Waals surface area contributed by atoms with Crippen LogP contribution in [-0.4, -0.2) is 25.7 Å². The van der Waals surface area contributed by atoms with E-state index >= 15 is 0 Å². The molecule has 1 aliphatic carbocycles. The lowest BCUT2D eigenvalue weighted by Crippen LogP contribution is -2.43. The molecule has 0 aromatic heterocycles. The maximum atomic E-state index is 12.2. The highest BCUT2D eigenvalue weighted by Gasteiger charge is 2.27. The van der Waals surface area contributed by atoms with Gasteiger partial charge in [-0.15, -0.1) is 0 Å². The maximum Gasteiger partial charge on any atom is 0.220 e. The molecule has 1 aromatic rings. The van der Waals surface area contributed by atoms with E-state index in [2.05, 4.69) is 25.2 Å². The molecule has 0 saturated heterocycles. The first-order valence-electron chi connectivity index (χ1n) is 9.05. The first-order chi connectivity index (χ1) is 12.0. The standard InChI is InChI=1S/C20H28N2O3/c1-14-6-4-7-17(15(14)2)22-20(23)8-5-11-25-18-10-9-16(13-21)12-19(18)24-3/h9-10,12,14-15,17H,4-8,11H2,1-3H3,(H,22,23)/t14-,15+,17+/m1/s1. The Bertz CT molecular complexity index is 624. The number of nitrogens with one attached hydrogen (secondary N) is 1. The van der Waals surface area contributed by atoms with Gasteiger partial charge < -0.3 is 14.8 Å². The molecule has 1 aromatic carbocycles. The van der Waals surface area contributed by atoms with Gasteiger partial charge in [0.15, 0.2) is 11.5 Å². The number of hydrogen-bond donors (Lipinski definition) is 1. The summed E-state index contributed by atoms with van der Waals surface area (Å²) in [6.45, 7) is 4.93. The fraction of sp³-hybridized carbons (Fsp3) is 0.600.